The van der Waals surface area contributed by atoms with E-state index in [0.29, 0.717) is 19.7 Å². The highest BCUT2D eigenvalue weighted by atomic mass is 16.5. The van der Waals surface area contributed by atoms with Gasteiger partial charge in [-0.25, -0.2) is 0 Å². The number of ether oxygens (including phenoxy) is 1. The first-order valence-corrected chi connectivity index (χ1v) is 8.25. The molecule has 0 aliphatic heterocycles. The summed E-state index contributed by atoms with van der Waals surface area (Å²) in [7, 11) is 1.68. The first-order chi connectivity index (χ1) is 10.7. The molecule has 4 nitrogen and oxygen atoms in total. The zero-order valence-electron chi connectivity index (χ0n) is 13.8. The van der Waals surface area contributed by atoms with Crippen molar-refractivity contribution in [1.29, 1.82) is 0 Å². The second-order valence-corrected chi connectivity index (χ2v) is 6.16. The monoisotopic (exact) mass is 304 g/mol. The average Bonchev–Trinajstić information content (AvgIpc) is 3.35. The Morgan fingerprint density at radius 3 is 2.73 bits per heavy atom. The highest BCUT2D eigenvalue weighted by Gasteiger charge is 2.28. The number of benzene rings is 1. The molecule has 1 saturated carbocycles. The summed E-state index contributed by atoms with van der Waals surface area (Å²) in [6.07, 6.45) is 3.46. The van der Waals surface area contributed by atoms with E-state index in [1.165, 1.54) is 18.4 Å². The van der Waals surface area contributed by atoms with E-state index in [-0.39, 0.29) is 11.9 Å². The molecule has 1 N–H and O–H groups in total. The van der Waals surface area contributed by atoms with Crippen LogP contribution in [0.15, 0.2) is 30.3 Å². The van der Waals surface area contributed by atoms with E-state index in [4.69, 9.17) is 4.74 Å². The number of methoxy groups -OCH3 is 1. The van der Waals surface area contributed by atoms with Gasteiger partial charge in [-0.3, -0.25) is 9.69 Å². The fourth-order valence-corrected chi connectivity index (χ4v) is 2.62. The van der Waals surface area contributed by atoms with Gasteiger partial charge in [-0.1, -0.05) is 30.3 Å². The van der Waals surface area contributed by atoms with Crippen LogP contribution in [-0.2, 0) is 9.53 Å². The lowest BCUT2D eigenvalue weighted by Crippen LogP contribution is -2.40. The molecule has 122 valence electrons. The SMILES string of the molecule is COCCCNC(=O)CN(CC1CC1)C(C)c1ccccc1. The van der Waals surface area contributed by atoms with E-state index >= 15 is 0 Å². The zero-order chi connectivity index (χ0) is 15.8. The zero-order valence-corrected chi connectivity index (χ0v) is 13.8. The number of carbonyl (C=O) groups excluding carboxylic acids is 1. The van der Waals surface area contributed by atoms with Crippen LogP contribution in [0.3, 0.4) is 0 Å². The van der Waals surface area contributed by atoms with Crippen molar-refractivity contribution in [3.05, 3.63) is 35.9 Å². The molecule has 0 spiro atoms. The van der Waals surface area contributed by atoms with Gasteiger partial charge in [0.05, 0.1) is 6.54 Å². The Morgan fingerprint density at radius 1 is 1.36 bits per heavy atom. The summed E-state index contributed by atoms with van der Waals surface area (Å²) in [6.45, 7) is 5.05. The number of hydrogen-bond donors (Lipinski definition) is 1. The van der Waals surface area contributed by atoms with Crippen molar-refractivity contribution in [3.8, 4) is 0 Å². The second-order valence-electron chi connectivity index (χ2n) is 6.16. The molecule has 1 unspecified atom stereocenters. The van der Waals surface area contributed by atoms with E-state index < -0.39 is 0 Å². The lowest BCUT2D eigenvalue weighted by atomic mass is 10.1. The van der Waals surface area contributed by atoms with Gasteiger partial charge in [0.15, 0.2) is 0 Å². The Balaban J connectivity index is 1.87. The van der Waals surface area contributed by atoms with E-state index in [0.717, 1.165) is 18.9 Å². The van der Waals surface area contributed by atoms with Crippen LogP contribution in [0.5, 0.6) is 0 Å². The standard InChI is InChI=1S/C18H28N2O2/c1-15(17-7-4-3-5-8-17)20(13-16-9-10-16)14-18(21)19-11-6-12-22-2/h3-5,7-8,15-16H,6,9-14H2,1-2H3,(H,19,21). The van der Waals surface area contributed by atoms with Crippen molar-refractivity contribution in [1.82, 2.24) is 10.2 Å². The van der Waals surface area contributed by atoms with Crippen LogP contribution in [0.2, 0.25) is 0 Å². The van der Waals surface area contributed by atoms with Gasteiger partial charge in [0.1, 0.15) is 0 Å². The maximum absolute atomic E-state index is 12.2. The fourth-order valence-electron chi connectivity index (χ4n) is 2.62. The molecule has 0 saturated heterocycles. The summed E-state index contributed by atoms with van der Waals surface area (Å²) in [5.74, 6) is 0.881. The van der Waals surface area contributed by atoms with Crippen LogP contribution in [-0.4, -0.2) is 44.2 Å². The Morgan fingerprint density at radius 2 is 2.09 bits per heavy atom. The fraction of sp³-hybridized carbons (Fsp3) is 0.611. The molecular formula is C18H28N2O2. The molecule has 1 amide bonds. The van der Waals surface area contributed by atoms with Crippen LogP contribution >= 0.6 is 0 Å². The summed E-state index contributed by atoms with van der Waals surface area (Å²) in [5, 5.41) is 2.99. The number of carbonyl (C=O) groups is 1. The molecule has 0 heterocycles. The van der Waals surface area contributed by atoms with Crippen molar-refractivity contribution in [2.24, 2.45) is 5.92 Å². The topological polar surface area (TPSA) is 41.6 Å². The van der Waals surface area contributed by atoms with Crippen LogP contribution in [0.1, 0.15) is 37.8 Å². The predicted molar refractivity (Wildman–Crippen MR) is 88.7 cm³/mol. The number of nitrogens with one attached hydrogen (secondary N) is 1. The first kappa shape index (κ1) is 17.0. The quantitative estimate of drug-likeness (QED) is 0.676. The minimum atomic E-state index is 0.111. The summed E-state index contributed by atoms with van der Waals surface area (Å²) in [6, 6.07) is 10.7. The van der Waals surface area contributed by atoms with Crippen molar-refractivity contribution >= 4 is 5.91 Å². The maximum Gasteiger partial charge on any atom is 0.234 e. The molecule has 1 aromatic rings. The highest BCUT2D eigenvalue weighted by molar-refractivity contribution is 5.78. The van der Waals surface area contributed by atoms with Gasteiger partial charge < -0.3 is 10.1 Å². The third-order valence-electron chi connectivity index (χ3n) is 4.21. The molecule has 1 fully saturated rings. The van der Waals surface area contributed by atoms with E-state index in [1.807, 2.05) is 6.07 Å². The third-order valence-corrected chi connectivity index (χ3v) is 4.21. The molecule has 0 radical (unpaired) electrons. The maximum atomic E-state index is 12.2. The summed E-state index contributed by atoms with van der Waals surface area (Å²) in [5.41, 5.74) is 1.27. The molecular weight excluding hydrogens is 276 g/mol. The molecule has 1 aliphatic carbocycles. The van der Waals surface area contributed by atoms with E-state index in [1.54, 1.807) is 7.11 Å². The minimum absolute atomic E-state index is 0.111. The largest absolute Gasteiger partial charge is 0.385 e. The number of rotatable bonds is 10. The van der Waals surface area contributed by atoms with Crippen LogP contribution in [0, 0.1) is 5.92 Å². The summed E-state index contributed by atoms with van der Waals surface area (Å²) < 4.78 is 5.00. The first-order valence-electron chi connectivity index (χ1n) is 8.25. The van der Waals surface area contributed by atoms with Gasteiger partial charge in [0, 0.05) is 32.8 Å². The Bertz CT molecular complexity index is 446. The van der Waals surface area contributed by atoms with Gasteiger partial charge >= 0.3 is 0 Å². The number of amides is 1. The minimum Gasteiger partial charge on any atom is -0.385 e. The summed E-state index contributed by atoms with van der Waals surface area (Å²) >= 11 is 0. The number of hydrogen-bond acceptors (Lipinski definition) is 3. The van der Waals surface area contributed by atoms with Gasteiger partial charge in [0.2, 0.25) is 5.91 Å². The van der Waals surface area contributed by atoms with Crippen molar-refractivity contribution in [3.63, 3.8) is 0 Å². The molecule has 1 atom stereocenters. The lowest BCUT2D eigenvalue weighted by Gasteiger charge is -2.29. The molecule has 1 aliphatic rings. The molecule has 1 aromatic carbocycles. The van der Waals surface area contributed by atoms with Crippen LogP contribution < -0.4 is 5.32 Å². The van der Waals surface area contributed by atoms with E-state index in [9.17, 15) is 4.79 Å². The summed E-state index contributed by atoms with van der Waals surface area (Å²) in [4.78, 5) is 14.5. The third kappa shape index (κ3) is 5.78. The second kappa shape index (κ2) is 8.91. The van der Waals surface area contributed by atoms with E-state index in [2.05, 4.69) is 41.4 Å². The van der Waals surface area contributed by atoms with Gasteiger partial charge in [-0.15, -0.1) is 0 Å². The van der Waals surface area contributed by atoms with Gasteiger partial charge in [-0.2, -0.15) is 0 Å². The molecule has 0 aromatic heterocycles. The number of nitrogens with zero attached hydrogens (tertiary/aromatic N) is 1. The highest BCUT2D eigenvalue weighted by Crippen LogP contribution is 2.32. The smallest absolute Gasteiger partial charge is 0.234 e. The van der Waals surface area contributed by atoms with Crippen LogP contribution in [0.4, 0.5) is 0 Å². The van der Waals surface area contributed by atoms with Crippen molar-refractivity contribution < 1.29 is 9.53 Å². The predicted octanol–water partition coefficient (Wildman–Crippen LogP) is 2.61. The van der Waals surface area contributed by atoms with Gasteiger partial charge in [0.25, 0.3) is 0 Å². The normalized spacial score (nSPS) is 15.8. The van der Waals surface area contributed by atoms with Crippen molar-refractivity contribution in [2.45, 2.75) is 32.2 Å². The Kier molecular flexibility index (Phi) is 6.87. The molecule has 2 rings (SSSR count). The van der Waals surface area contributed by atoms with Crippen LogP contribution in [0.25, 0.3) is 0 Å². The lowest BCUT2D eigenvalue weighted by molar-refractivity contribution is -0.122. The van der Waals surface area contributed by atoms with Gasteiger partial charge in [-0.05, 0) is 37.7 Å². The average molecular weight is 304 g/mol. The molecule has 0 bridgehead atoms. The Hall–Kier alpha value is -1.39. The van der Waals surface area contributed by atoms with Crippen molar-refractivity contribution in [2.75, 3.05) is 33.4 Å². The molecule has 4 heteroatoms. The Labute approximate surface area is 133 Å². The molecule has 22 heavy (non-hydrogen) atoms.